The molecule has 1 aromatic carbocycles. The lowest BCUT2D eigenvalue weighted by molar-refractivity contribution is 0.208. The van der Waals surface area contributed by atoms with Gasteiger partial charge in [-0.1, -0.05) is 31.0 Å². The Kier molecular flexibility index (Phi) is 2.80. The van der Waals surface area contributed by atoms with Crippen LogP contribution < -0.4 is 9.46 Å². The molecule has 0 aromatic heterocycles. The van der Waals surface area contributed by atoms with Crippen LogP contribution in [0, 0.1) is 0 Å². The molecule has 0 saturated heterocycles. The lowest BCUT2D eigenvalue weighted by Gasteiger charge is -2.00. The van der Waals surface area contributed by atoms with Gasteiger partial charge in [0.15, 0.2) is 0 Å². The van der Waals surface area contributed by atoms with E-state index in [0.29, 0.717) is 5.75 Å². The summed E-state index contributed by atoms with van der Waals surface area (Å²) in [7, 11) is 0. The predicted octanol–water partition coefficient (Wildman–Crippen LogP) is 1.62. The van der Waals surface area contributed by atoms with Crippen molar-refractivity contribution >= 4 is 18.9 Å². The summed E-state index contributed by atoms with van der Waals surface area (Å²) in [6.45, 7) is 0. The van der Waals surface area contributed by atoms with Crippen molar-refractivity contribution in [3.63, 3.8) is 0 Å². The third-order valence-corrected chi connectivity index (χ3v) is 1.23. The Labute approximate surface area is 69.9 Å². The molecule has 0 atom stereocenters. The van der Waals surface area contributed by atoms with E-state index < -0.39 is 6.09 Å². The maximum Gasteiger partial charge on any atom is 0.422 e. The van der Waals surface area contributed by atoms with Gasteiger partial charge in [-0.15, -0.1) is 0 Å². The first kappa shape index (κ1) is 7.94. The van der Waals surface area contributed by atoms with Crippen LogP contribution in [0.2, 0.25) is 0 Å². The summed E-state index contributed by atoms with van der Waals surface area (Å²) in [4.78, 5) is 10.6. The van der Waals surface area contributed by atoms with Gasteiger partial charge in [0, 0.05) is 0 Å². The predicted molar refractivity (Wildman–Crippen MR) is 44.6 cm³/mol. The van der Waals surface area contributed by atoms with Gasteiger partial charge in [0.05, 0.1) is 0 Å². The van der Waals surface area contributed by atoms with Gasteiger partial charge in [-0.25, -0.2) is 4.79 Å². The number of para-hydroxylation sites is 1. The van der Waals surface area contributed by atoms with Crippen molar-refractivity contribution in [1.29, 1.82) is 0 Å². The molecular weight excluding hydrogens is 162 g/mol. The van der Waals surface area contributed by atoms with Gasteiger partial charge >= 0.3 is 6.09 Å². The zero-order chi connectivity index (χ0) is 8.10. The minimum Gasteiger partial charge on any atom is -0.410 e. The molecule has 0 aliphatic heterocycles. The molecule has 3 nitrogen and oxygen atoms in total. The number of ether oxygens (including phenoxy) is 1. The monoisotopic (exact) mass is 169 g/mol. The smallest absolute Gasteiger partial charge is 0.410 e. The summed E-state index contributed by atoms with van der Waals surface area (Å²) in [6, 6.07) is 8.76. The maximum atomic E-state index is 10.6. The Hall–Kier alpha value is -1.16. The van der Waals surface area contributed by atoms with Crippen LogP contribution in [0.15, 0.2) is 30.3 Å². The minimum absolute atomic E-state index is 0.499. The number of rotatable bonds is 1. The Morgan fingerprint density at radius 1 is 1.36 bits per heavy atom. The van der Waals surface area contributed by atoms with Crippen LogP contribution in [-0.2, 0) is 0 Å². The zero-order valence-corrected chi connectivity index (χ0v) is 6.54. The summed E-state index contributed by atoms with van der Waals surface area (Å²) in [5.74, 6) is 0.499. The topological polar surface area (TPSA) is 38.3 Å². The molecule has 0 radical (unpaired) electrons. The van der Waals surface area contributed by atoms with Gasteiger partial charge in [0.1, 0.15) is 5.75 Å². The van der Waals surface area contributed by atoms with Gasteiger partial charge in [0.2, 0.25) is 0 Å². The van der Waals surface area contributed by atoms with E-state index in [9.17, 15) is 4.79 Å². The van der Waals surface area contributed by atoms with Crippen molar-refractivity contribution in [2.45, 2.75) is 0 Å². The fraction of sp³-hybridized carbons (Fsp3) is 0. The fourth-order valence-corrected chi connectivity index (χ4v) is 0.664. The molecule has 1 rings (SSSR count). The van der Waals surface area contributed by atoms with Crippen LogP contribution in [0.25, 0.3) is 0 Å². The van der Waals surface area contributed by atoms with Crippen LogP contribution in [-0.4, -0.2) is 6.09 Å². The number of benzene rings is 1. The molecule has 58 valence electrons. The van der Waals surface area contributed by atoms with Crippen molar-refractivity contribution in [3.05, 3.63) is 30.3 Å². The lowest BCUT2D eigenvalue weighted by atomic mass is 10.3. The Morgan fingerprint density at radius 2 is 2.00 bits per heavy atom. The summed E-state index contributed by atoms with van der Waals surface area (Å²) in [5, 5.41) is 0. The molecule has 1 amide bonds. The minimum atomic E-state index is -0.584. The van der Waals surface area contributed by atoms with Gasteiger partial charge < -0.3 is 4.74 Å². The Balaban J connectivity index is 2.58. The number of hydrogen-bond acceptors (Lipinski definition) is 3. The zero-order valence-electron chi connectivity index (χ0n) is 5.65. The number of thiol groups is 1. The molecule has 0 fully saturated rings. The Morgan fingerprint density at radius 3 is 2.55 bits per heavy atom. The van der Waals surface area contributed by atoms with Crippen molar-refractivity contribution in [1.82, 2.24) is 4.72 Å². The highest BCUT2D eigenvalue weighted by Crippen LogP contribution is 2.07. The van der Waals surface area contributed by atoms with E-state index in [4.69, 9.17) is 4.74 Å². The molecular formula is C7H7NO2S. The highest BCUT2D eigenvalue weighted by atomic mass is 32.1. The summed E-state index contributed by atoms with van der Waals surface area (Å²) in [5.41, 5.74) is 0. The van der Waals surface area contributed by atoms with Crippen LogP contribution in [0.1, 0.15) is 0 Å². The van der Waals surface area contributed by atoms with E-state index in [-0.39, 0.29) is 0 Å². The second-order valence-corrected chi connectivity index (χ2v) is 2.04. The number of amides is 1. The average molecular weight is 169 g/mol. The van der Waals surface area contributed by atoms with Crippen LogP contribution >= 0.6 is 12.8 Å². The van der Waals surface area contributed by atoms with E-state index in [1.54, 1.807) is 24.3 Å². The molecule has 0 spiro atoms. The summed E-state index contributed by atoms with van der Waals surface area (Å²) >= 11 is 3.52. The lowest BCUT2D eigenvalue weighted by Crippen LogP contribution is -2.17. The van der Waals surface area contributed by atoms with Gasteiger partial charge in [-0.3, -0.25) is 4.72 Å². The van der Waals surface area contributed by atoms with Gasteiger partial charge in [-0.05, 0) is 12.1 Å². The molecule has 1 N–H and O–H groups in total. The molecule has 0 aliphatic carbocycles. The van der Waals surface area contributed by atoms with E-state index in [1.807, 2.05) is 10.8 Å². The Bertz CT molecular complexity index is 237. The van der Waals surface area contributed by atoms with Crippen molar-refractivity contribution < 1.29 is 9.53 Å². The molecule has 0 bridgehead atoms. The van der Waals surface area contributed by atoms with E-state index in [1.165, 1.54) is 0 Å². The standard InChI is InChI=1S/C7H7NO2S/c9-7(8-11)10-6-4-2-1-3-5-6/h1-5,11H,(H,8,9). The largest absolute Gasteiger partial charge is 0.422 e. The number of carbonyl (C=O) groups excluding carboxylic acids is 1. The average Bonchev–Trinajstić information content (AvgIpc) is 2.06. The first-order chi connectivity index (χ1) is 5.33. The molecule has 11 heavy (non-hydrogen) atoms. The van der Waals surface area contributed by atoms with Gasteiger partial charge in [-0.2, -0.15) is 0 Å². The molecule has 0 unspecified atom stereocenters. The molecule has 1 aromatic rings. The number of hydrogen-bond donors (Lipinski definition) is 2. The van der Waals surface area contributed by atoms with E-state index >= 15 is 0 Å². The SMILES string of the molecule is O=C(NS)Oc1ccccc1. The van der Waals surface area contributed by atoms with Crippen LogP contribution in [0.3, 0.4) is 0 Å². The number of carbonyl (C=O) groups is 1. The number of nitrogens with one attached hydrogen (secondary N) is 1. The second-order valence-electron chi connectivity index (χ2n) is 1.81. The summed E-state index contributed by atoms with van der Waals surface area (Å²) < 4.78 is 6.78. The normalized spacial score (nSPS) is 8.82. The van der Waals surface area contributed by atoms with Crippen LogP contribution in [0.5, 0.6) is 5.75 Å². The highest BCUT2D eigenvalue weighted by molar-refractivity contribution is 7.78. The quantitative estimate of drug-likeness (QED) is 0.627. The van der Waals surface area contributed by atoms with Crippen molar-refractivity contribution in [3.8, 4) is 5.75 Å². The first-order valence-corrected chi connectivity index (χ1v) is 3.44. The van der Waals surface area contributed by atoms with Crippen molar-refractivity contribution in [2.75, 3.05) is 0 Å². The first-order valence-electron chi connectivity index (χ1n) is 3.00. The maximum absolute atomic E-state index is 10.6. The third-order valence-electron chi connectivity index (χ3n) is 1.05. The molecule has 0 heterocycles. The molecule has 0 saturated carbocycles. The fourth-order valence-electron chi connectivity index (χ4n) is 0.618. The van der Waals surface area contributed by atoms with E-state index in [0.717, 1.165) is 0 Å². The third kappa shape index (κ3) is 2.51. The second kappa shape index (κ2) is 3.88. The highest BCUT2D eigenvalue weighted by Gasteiger charge is 1.98. The van der Waals surface area contributed by atoms with E-state index in [2.05, 4.69) is 12.8 Å². The molecule has 4 heteroatoms. The van der Waals surface area contributed by atoms with Crippen LogP contribution in [0.4, 0.5) is 4.79 Å². The van der Waals surface area contributed by atoms with Gasteiger partial charge in [0.25, 0.3) is 0 Å². The summed E-state index contributed by atoms with van der Waals surface area (Å²) in [6.07, 6.45) is -0.584. The molecule has 0 aliphatic rings. The van der Waals surface area contributed by atoms with Crippen molar-refractivity contribution in [2.24, 2.45) is 0 Å².